The highest BCUT2D eigenvalue weighted by Gasteiger charge is 2.31. The Hall–Kier alpha value is -1.13. The Morgan fingerprint density at radius 1 is 1.42 bits per heavy atom. The molecule has 19 heavy (non-hydrogen) atoms. The highest BCUT2D eigenvalue weighted by Crippen LogP contribution is 2.24. The number of β-amino-alcohol motifs (C(OH)–C–C–N with tert-alkyl or cyclic N) is 1. The Bertz CT molecular complexity index is 420. The van der Waals surface area contributed by atoms with Crippen molar-refractivity contribution in [1.29, 1.82) is 0 Å². The van der Waals surface area contributed by atoms with Crippen LogP contribution in [-0.2, 0) is 6.54 Å². The first-order chi connectivity index (χ1) is 8.75. The number of hydrogen-bond donors (Lipinski definition) is 2. The third kappa shape index (κ3) is 4.18. The predicted octanol–water partition coefficient (Wildman–Crippen LogP) is 1.93. The topological polar surface area (TPSA) is 48.4 Å². The molecule has 0 spiro atoms. The molecule has 0 saturated carbocycles. The second-order valence-corrected chi connectivity index (χ2v) is 6.80. The lowest BCUT2D eigenvalue weighted by molar-refractivity contribution is 0.0839. The molecule has 1 unspecified atom stereocenters. The average Bonchev–Trinajstić information content (AvgIpc) is 2.67. The van der Waals surface area contributed by atoms with E-state index in [9.17, 15) is 5.11 Å². The first kappa shape index (κ1) is 14.3. The number of nitrogens with zero attached hydrogens (tertiary/aromatic N) is 2. The summed E-state index contributed by atoms with van der Waals surface area (Å²) in [6.45, 7) is 10.7. The van der Waals surface area contributed by atoms with Crippen LogP contribution in [0.3, 0.4) is 0 Å². The number of rotatable bonds is 3. The van der Waals surface area contributed by atoms with Crippen LogP contribution in [0.15, 0.2) is 18.3 Å². The monoisotopic (exact) mass is 263 g/mol. The summed E-state index contributed by atoms with van der Waals surface area (Å²) in [7, 11) is 0. The number of aromatic nitrogens is 1. The van der Waals surface area contributed by atoms with Gasteiger partial charge in [0.15, 0.2) is 0 Å². The fraction of sp³-hybridized carbons (Fsp3) is 0.667. The molecular weight excluding hydrogens is 238 g/mol. The van der Waals surface area contributed by atoms with Crippen LogP contribution in [0.25, 0.3) is 0 Å². The minimum atomic E-state index is -0.575. The summed E-state index contributed by atoms with van der Waals surface area (Å²) in [6.07, 6.45) is 2.73. The van der Waals surface area contributed by atoms with Gasteiger partial charge in [-0.25, -0.2) is 4.98 Å². The standard InChI is InChI=1S/C15H25N3O/c1-14(2,3)17-10-12-5-6-13(16-9-12)18-8-7-15(4,19)11-18/h5-6,9,17,19H,7-8,10-11H2,1-4H3. The van der Waals surface area contributed by atoms with Crippen LogP contribution in [0.5, 0.6) is 0 Å². The zero-order chi connectivity index (χ0) is 14.1. The molecule has 1 aliphatic rings. The number of pyridine rings is 1. The van der Waals surface area contributed by atoms with Gasteiger partial charge >= 0.3 is 0 Å². The summed E-state index contributed by atoms with van der Waals surface area (Å²) in [5.74, 6) is 0.956. The van der Waals surface area contributed by atoms with Crippen molar-refractivity contribution in [2.45, 2.75) is 51.8 Å². The third-order valence-corrected chi connectivity index (χ3v) is 3.41. The molecular formula is C15H25N3O. The second kappa shape index (κ2) is 5.10. The lowest BCUT2D eigenvalue weighted by Crippen LogP contribution is -2.35. The normalized spacial score (nSPS) is 23.9. The van der Waals surface area contributed by atoms with Gasteiger partial charge in [0.1, 0.15) is 5.82 Å². The maximum absolute atomic E-state index is 9.98. The van der Waals surface area contributed by atoms with E-state index in [1.54, 1.807) is 0 Å². The van der Waals surface area contributed by atoms with E-state index in [1.807, 2.05) is 19.2 Å². The van der Waals surface area contributed by atoms with Crippen molar-refractivity contribution in [3.05, 3.63) is 23.9 Å². The van der Waals surface area contributed by atoms with E-state index in [1.165, 1.54) is 5.56 Å². The van der Waals surface area contributed by atoms with Crippen LogP contribution in [0.2, 0.25) is 0 Å². The van der Waals surface area contributed by atoms with Crippen molar-refractivity contribution < 1.29 is 5.11 Å². The van der Waals surface area contributed by atoms with E-state index in [4.69, 9.17) is 0 Å². The first-order valence-corrected chi connectivity index (χ1v) is 6.93. The van der Waals surface area contributed by atoms with Crippen LogP contribution in [0.4, 0.5) is 5.82 Å². The maximum Gasteiger partial charge on any atom is 0.128 e. The minimum absolute atomic E-state index is 0.117. The SMILES string of the molecule is CC1(O)CCN(c2ccc(CNC(C)(C)C)cn2)C1. The van der Waals surface area contributed by atoms with E-state index in [0.717, 1.165) is 25.3 Å². The molecule has 0 bridgehead atoms. The molecule has 1 aliphatic heterocycles. The van der Waals surface area contributed by atoms with Crippen molar-refractivity contribution in [3.63, 3.8) is 0 Å². The molecule has 1 aromatic rings. The molecule has 1 atom stereocenters. The number of hydrogen-bond acceptors (Lipinski definition) is 4. The Labute approximate surface area is 115 Å². The van der Waals surface area contributed by atoms with E-state index < -0.39 is 5.60 Å². The van der Waals surface area contributed by atoms with Gasteiger partial charge in [0.05, 0.1) is 5.60 Å². The molecule has 4 heteroatoms. The van der Waals surface area contributed by atoms with Crippen molar-refractivity contribution in [2.75, 3.05) is 18.0 Å². The van der Waals surface area contributed by atoms with Crippen molar-refractivity contribution >= 4 is 5.82 Å². The molecule has 0 radical (unpaired) electrons. The number of nitrogens with one attached hydrogen (secondary N) is 1. The van der Waals surface area contributed by atoms with Gasteiger partial charge in [-0.15, -0.1) is 0 Å². The smallest absolute Gasteiger partial charge is 0.128 e. The third-order valence-electron chi connectivity index (χ3n) is 3.41. The Morgan fingerprint density at radius 2 is 2.16 bits per heavy atom. The quantitative estimate of drug-likeness (QED) is 0.875. The van der Waals surface area contributed by atoms with Gasteiger partial charge < -0.3 is 15.3 Å². The Kier molecular flexibility index (Phi) is 3.83. The first-order valence-electron chi connectivity index (χ1n) is 6.93. The van der Waals surface area contributed by atoms with Gasteiger partial charge in [-0.2, -0.15) is 0 Å². The lowest BCUT2D eigenvalue weighted by Gasteiger charge is -2.22. The molecule has 0 amide bonds. The zero-order valence-electron chi connectivity index (χ0n) is 12.4. The Morgan fingerprint density at radius 3 is 2.63 bits per heavy atom. The van der Waals surface area contributed by atoms with Gasteiger partial charge in [0.25, 0.3) is 0 Å². The van der Waals surface area contributed by atoms with E-state index in [-0.39, 0.29) is 5.54 Å². The number of aliphatic hydroxyl groups is 1. The molecule has 4 nitrogen and oxygen atoms in total. The summed E-state index contributed by atoms with van der Waals surface area (Å²) in [4.78, 5) is 6.64. The lowest BCUT2D eigenvalue weighted by atomic mass is 10.1. The molecule has 1 saturated heterocycles. The fourth-order valence-electron chi connectivity index (χ4n) is 2.22. The van der Waals surface area contributed by atoms with Gasteiger partial charge in [-0.3, -0.25) is 0 Å². The molecule has 1 aromatic heterocycles. The summed E-state index contributed by atoms with van der Waals surface area (Å²) >= 11 is 0. The van der Waals surface area contributed by atoms with Gasteiger partial charge in [0.2, 0.25) is 0 Å². The highest BCUT2D eigenvalue weighted by atomic mass is 16.3. The maximum atomic E-state index is 9.98. The molecule has 106 valence electrons. The molecule has 0 aromatic carbocycles. The largest absolute Gasteiger partial charge is 0.388 e. The van der Waals surface area contributed by atoms with E-state index in [0.29, 0.717) is 6.54 Å². The summed E-state index contributed by atoms with van der Waals surface area (Å²) < 4.78 is 0. The van der Waals surface area contributed by atoms with Crippen LogP contribution < -0.4 is 10.2 Å². The van der Waals surface area contributed by atoms with E-state index >= 15 is 0 Å². The van der Waals surface area contributed by atoms with Gasteiger partial charge in [0, 0.05) is 31.4 Å². The van der Waals surface area contributed by atoms with Gasteiger partial charge in [-0.05, 0) is 45.7 Å². The van der Waals surface area contributed by atoms with E-state index in [2.05, 4.69) is 42.0 Å². The van der Waals surface area contributed by atoms with Crippen molar-refractivity contribution in [2.24, 2.45) is 0 Å². The highest BCUT2D eigenvalue weighted by molar-refractivity contribution is 5.41. The molecule has 1 fully saturated rings. The van der Waals surface area contributed by atoms with Crippen LogP contribution in [0, 0.1) is 0 Å². The molecule has 2 heterocycles. The van der Waals surface area contributed by atoms with Crippen LogP contribution in [0.1, 0.15) is 39.7 Å². The van der Waals surface area contributed by atoms with Gasteiger partial charge in [-0.1, -0.05) is 6.07 Å². The summed E-state index contributed by atoms with van der Waals surface area (Å²) in [6, 6.07) is 4.15. The minimum Gasteiger partial charge on any atom is -0.388 e. The summed E-state index contributed by atoms with van der Waals surface area (Å²) in [5, 5.41) is 13.4. The molecule has 0 aliphatic carbocycles. The molecule has 2 N–H and O–H groups in total. The fourth-order valence-corrected chi connectivity index (χ4v) is 2.22. The van der Waals surface area contributed by atoms with Crippen molar-refractivity contribution in [3.8, 4) is 0 Å². The predicted molar refractivity (Wildman–Crippen MR) is 78.3 cm³/mol. The second-order valence-electron chi connectivity index (χ2n) is 6.80. The van der Waals surface area contributed by atoms with Crippen LogP contribution in [-0.4, -0.2) is 34.3 Å². The number of anilines is 1. The summed E-state index contributed by atoms with van der Waals surface area (Å²) in [5.41, 5.74) is 0.727. The van der Waals surface area contributed by atoms with Crippen LogP contribution >= 0.6 is 0 Å². The zero-order valence-corrected chi connectivity index (χ0v) is 12.4. The van der Waals surface area contributed by atoms with Crippen molar-refractivity contribution in [1.82, 2.24) is 10.3 Å². The Balaban J connectivity index is 1.95. The average molecular weight is 263 g/mol. The molecule has 2 rings (SSSR count).